The van der Waals surface area contributed by atoms with Crippen molar-refractivity contribution in [1.82, 2.24) is 10.2 Å². The SMILES string of the molecule is CCCCCCCC(C)NC(C)CN1CCCC1. The highest BCUT2D eigenvalue weighted by Gasteiger charge is 2.15. The Balaban J connectivity index is 1.98. The van der Waals surface area contributed by atoms with Crippen molar-refractivity contribution in [2.45, 2.75) is 84.2 Å². The highest BCUT2D eigenvalue weighted by molar-refractivity contribution is 4.74. The minimum Gasteiger partial charge on any atom is -0.311 e. The lowest BCUT2D eigenvalue weighted by molar-refractivity contribution is 0.284. The standard InChI is InChI=1S/C16H34N2/c1-4-5-6-7-8-11-15(2)17-16(3)14-18-12-9-10-13-18/h15-17H,4-14H2,1-3H3. The molecule has 0 aliphatic carbocycles. The zero-order chi connectivity index (χ0) is 13.2. The van der Waals surface area contributed by atoms with E-state index in [9.17, 15) is 0 Å². The normalized spacial score (nSPS) is 20.2. The van der Waals surface area contributed by atoms with Crippen LogP contribution < -0.4 is 5.32 Å². The van der Waals surface area contributed by atoms with Crippen LogP contribution in [0.1, 0.15) is 72.1 Å². The average Bonchev–Trinajstić information content (AvgIpc) is 2.81. The van der Waals surface area contributed by atoms with E-state index in [-0.39, 0.29) is 0 Å². The number of nitrogens with zero attached hydrogens (tertiary/aromatic N) is 1. The monoisotopic (exact) mass is 254 g/mol. The molecule has 1 aliphatic heterocycles. The summed E-state index contributed by atoms with van der Waals surface area (Å²) in [5.74, 6) is 0. The molecule has 108 valence electrons. The predicted molar refractivity (Wildman–Crippen MR) is 81.1 cm³/mol. The molecule has 0 amide bonds. The van der Waals surface area contributed by atoms with Crippen molar-refractivity contribution in [1.29, 1.82) is 0 Å². The third-order valence-electron chi connectivity index (χ3n) is 4.04. The minimum atomic E-state index is 0.647. The number of hydrogen-bond donors (Lipinski definition) is 1. The third-order valence-corrected chi connectivity index (χ3v) is 4.04. The van der Waals surface area contributed by atoms with Gasteiger partial charge in [-0.1, -0.05) is 39.0 Å². The number of likely N-dealkylation sites (tertiary alicyclic amines) is 1. The van der Waals surface area contributed by atoms with Crippen LogP contribution in [-0.2, 0) is 0 Å². The molecule has 0 aromatic heterocycles. The Labute approximate surface area is 115 Å². The molecular weight excluding hydrogens is 220 g/mol. The number of unbranched alkanes of at least 4 members (excludes halogenated alkanes) is 4. The molecule has 2 atom stereocenters. The van der Waals surface area contributed by atoms with Gasteiger partial charge in [-0.2, -0.15) is 0 Å². The fourth-order valence-electron chi connectivity index (χ4n) is 3.03. The van der Waals surface area contributed by atoms with Crippen LogP contribution >= 0.6 is 0 Å². The first-order valence-electron chi connectivity index (χ1n) is 8.20. The van der Waals surface area contributed by atoms with Crippen molar-refractivity contribution in [2.24, 2.45) is 0 Å². The molecule has 2 unspecified atom stereocenters. The molecule has 1 saturated heterocycles. The molecule has 0 radical (unpaired) electrons. The van der Waals surface area contributed by atoms with E-state index < -0.39 is 0 Å². The maximum atomic E-state index is 3.76. The van der Waals surface area contributed by atoms with E-state index in [1.165, 1.54) is 71.0 Å². The van der Waals surface area contributed by atoms with Crippen LogP contribution in [0.3, 0.4) is 0 Å². The Bertz CT molecular complexity index is 188. The Kier molecular flexibility index (Phi) is 8.70. The molecule has 1 heterocycles. The molecule has 0 aromatic rings. The van der Waals surface area contributed by atoms with Gasteiger partial charge in [-0.15, -0.1) is 0 Å². The molecule has 1 N–H and O–H groups in total. The highest BCUT2D eigenvalue weighted by atomic mass is 15.2. The summed E-state index contributed by atoms with van der Waals surface area (Å²) in [6, 6.07) is 1.33. The second-order valence-electron chi connectivity index (χ2n) is 6.18. The van der Waals surface area contributed by atoms with Gasteiger partial charge in [-0.3, -0.25) is 0 Å². The van der Waals surface area contributed by atoms with Crippen molar-refractivity contribution < 1.29 is 0 Å². The fourth-order valence-corrected chi connectivity index (χ4v) is 3.03. The van der Waals surface area contributed by atoms with Gasteiger partial charge in [0.25, 0.3) is 0 Å². The summed E-state index contributed by atoms with van der Waals surface area (Å²) in [7, 11) is 0. The molecule has 1 aliphatic rings. The first-order valence-corrected chi connectivity index (χ1v) is 8.20. The smallest absolute Gasteiger partial charge is 0.0169 e. The first-order chi connectivity index (χ1) is 8.72. The Hall–Kier alpha value is -0.0800. The molecule has 0 aromatic carbocycles. The van der Waals surface area contributed by atoms with Gasteiger partial charge in [0.15, 0.2) is 0 Å². The van der Waals surface area contributed by atoms with Crippen LogP contribution in [0.25, 0.3) is 0 Å². The van der Waals surface area contributed by atoms with E-state index in [0.717, 1.165) is 0 Å². The van der Waals surface area contributed by atoms with Crippen LogP contribution in [0, 0.1) is 0 Å². The first kappa shape index (κ1) is 16.0. The van der Waals surface area contributed by atoms with Crippen LogP contribution in [0.4, 0.5) is 0 Å². The lowest BCUT2D eigenvalue weighted by Crippen LogP contribution is -2.42. The van der Waals surface area contributed by atoms with Crippen LogP contribution in [0.2, 0.25) is 0 Å². The molecule has 0 bridgehead atoms. The van der Waals surface area contributed by atoms with Gasteiger partial charge in [-0.25, -0.2) is 0 Å². The van der Waals surface area contributed by atoms with Crippen molar-refractivity contribution in [2.75, 3.05) is 19.6 Å². The van der Waals surface area contributed by atoms with Crippen molar-refractivity contribution in [3.05, 3.63) is 0 Å². The highest BCUT2D eigenvalue weighted by Crippen LogP contribution is 2.10. The molecule has 2 nitrogen and oxygen atoms in total. The summed E-state index contributed by atoms with van der Waals surface area (Å²) in [4.78, 5) is 2.60. The van der Waals surface area contributed by atoms with Crippen LogP contribution in [-0.4, -0.2) is 36.6 Å². The van der Waals surface area contributed by atoms with Gasteiger partial charge in [0.05, 0.1) is 0 Å². The van der Waals surface area contributed by atoms with Crippen molar-refractivity contribution in [3.63, 3.8) is 0 Å². The van der Waals surface area contributed by atoms with E-state index in [4.69, 9.17) is 0 Å². The van der Waals surface area contributed by atoms with E-state index in [0.29, 0.717) is 12.1 Å². The number of rotatable bonds is 10. The second kappa shape index (κ2) is 9.80. The molecule has 0 spiro atoms. The zero-order valence-corrected chi connectivity index (χ0v) is 12.9. The van der Waals surface area contributed by atoms with E-state index in [1.54, 1.807) is 0 Å². The van der Waals surface area contributed by atoms with Gasteiger partial charge < -0.3 is 10.2 Å². The molecule has 2 heteroatoms. The van der Waals surface area contributed by atoms with Gasteiger partial charge in [-0.05, 0) is 46.2 Å². The summed E-state index contributed by atoms with van der Waals surface area (Å²) in [6.07, 6.45) is 11.1. The van der Waals surface area contributed by atoms with Gasteiger partial charge in [0, 0.05) is 18.6 Å². The van der Waals surface area contributed by atoms with Gasteiger partial charge >= 0.3 is 0 Å². The summed E-state index contributed by atoms with van der Waals surface area (Å²) in [6.45, 7) is 10.8. The van der Waals surface area contributed by atoms with E-state index in [2.05, 4.69) is 31.0 Å². The van der Waals surface area contributed by atoms with E-state index >= 15 is 0 Å². The summed E-state index contributed by atoms with van der Waals surface area (Å²) < 4.78 is 0. The molecule has 1 rings (SSSR count). The maximum absolute atomic E-state index is 3.76. The maximum Gasteiger partial charge on any atom is 0.0169 e. The van der Waals surface area contributed by atoms with Gasteiger partial charge in [0.2, 0.25) is 0 Å². The fraction of sp³-hybridized carbons (Fsp3) is 1.00. The molecule has 1 fully saturated rings. The minimum absolute atomic E-state index is 0.647. The molecular formula is C16H34N2. The third kappa shape index (κ3) is 7.38. The lowest BCUT2D eigenvalue weighted by atomic mass is 10.1. The zero-order valence-electron chi connectivity index (χ0n) is 12.9. The topological polar surface area (TPSA) is 15.3 Å². The van der Waals surface area contributed by atoms with Gasteiger partial charge in [0.1, 0.15) is 0 Å². The Morgan fingerprint density at radius 2 is 1.61 bits per heavy atom. The van der Waals surface area contributed by atoms with E-state index in [1.807, 2.05) is 0 Å². The Morgan fingerprint density at radius 1 is 0.944 bits per heavy atom. The van der Waals surface area contributed by atoms with Crippen molar-refractivity contribution in [3.8, 4) is 0 Å². The quantitative estimate of drug-likeness (QED) is 0.596. The lowest BCUT2D eigenvalue weighted by Gasteiger charge is -2.24. The summed E-state index contributed by atoms with van der Waals surface area (Å²) in [5, 5.41) is 3.76. The Morgan fingerprint density at radius 3 is 2.28 bits per heavy atom. The van der Waals surface area contributed by atoms with Crippen LogP contribution in [0.5, 0.6) is 0 Å². The average molecular weight is 254 g/mol. The molecule has 18 heavy (non-hydrogen) atoms. The largest absolute Gasteiger partial charge is 0.311 e. The van der Waals surface area contributed by atoms with Crippen LogP contribution in [0.15, 0.2) is 0 Å². The summed E-state index contributed by atoms with van der Waals surface area (Å²) >= 11 is 0. The predicted octanol–water partition coefficient (Wildman–Crippen LogP) is 3.81. The number of hydrogen-bond acceptors (Lipinski definition) is 2. The molecule has 0 saturated carbocycles. The van der Waals surface area contributed by atoms with Crippen molar-refractivity contribution >= 4 is 0 Å². The number of nitrogens with one attached hydrogen (secondary N) is 1. The summed E-state index contributed by atoms with van der Waals surface area (Å²) in [5.41, 5.74) is 0. The second-order valence-corrected chi connectivity index (χ2v) is 6.18.